The van der Waals surface area contributed by atoms with E-state index in [2.05, 4.69) is 22.2 Å². The van der Waals surface area contributed by atoms with Gasteiger partial charge in [0, 0.05) is 18.4 Å². The number of nitrogens with two attached hydrogens (primary N) is 1. The average molecular weight is 250 g/mol. The molecule has 0 saturated heterocycles. The largest absolute Gasteiger partial charge is 0.382 e. The maximum atomic E-state index is 11.9. The van der Waals surface area contributed by atoms with E-state index in [1.54, 1.807) is 0 Å². The van der Waals surface area contributed by atoms with E-state index in [9.17, 15) is 4.79 Å². The fourth-order valence-electron chi connectivity index (χ4n) is 1.77. The standard InChI is InChI=1S/C13H22N4O/c1-3-4-5-6-7-10(2)17-13(18)11-12(14)16-9-8-15-11/h8-10H,3-7H2,1-2H3,(H2,14,16)(H,17,18). The van der Waals surface area contributed by atoms with Crippen LogP contribution in [0.2, 0.25) is 0 Å². The van der Waals surface area contributed by atoms with Gasteiger partial charge in [-0.05, 0) is 13.3 Å². The van der Waals surface area contributed by atoms with Crippen molar-refractivity contribution in [2.24, 2.45) is 0 Å². The predicted molar refractivity (Wildman–Crippen MR) is 72.1 cm³/mol. The lowest BCUT2D eigenvalue weighted by Crippen LogP contribution is -2.33. The molecule has 0 bridgehead atoms. The number of amides is 1. The summed E-state index contributed by atoms with van der Waals surface area (Å²) in [5.74, 6) is -0.0724. The molecule has 5 heteroatoms. The van der Waals surface area contributed by atoms with Crippen LogP contribution in [0.25, 0.3) is 0 Å². The van der Waals surface area contributed by atoms with Crippen molar-refractivity contribution < 1.29 is 4.79 Å². The number of unbranched alkanes of at least 4 members (excludes halogenated alkanes) is 3. The van der Waals surface area contributed by atoms with Crippen LogP contribution in [-0.4, -0.2) is 21.9 Å². The number of nitrogens with one attached hydrogen (secondary N) is 1. The Morgan fingerprint density at radius 1 is 1.33 bits per heavy atom. The van der Waals surface area contributed by atoms with Gasteiger partial charge >= 0.3 is 0 Å². The Hall–Kier alpha value is -1.65. The number of carbonyl (C=O) groups excluding carboxylic acids is 1. The van der Waals surface area contributed by atoms with Gasteiger partial charge in [0.15, 0.2) is 11.5 Å². The molecule has 0 fully saturated rings. The minimum atomic E-state index is -0.247. The predicted octanol–water partition coefficient (Wildman–Crippen LogP) is 2.15. The molecule has 0 radical (unpaired) electrons. The van der Waals surface area contributed by atoms with Gasteiger partial charge in [-0.25, -0.2) is 9.97 Å². The number of hydrogen-bond acceptors (Lipinski definition) is 4. The SMILES string of the molecule is CCCCCCC(C)NC(=O)c1nccnc1N. The molecule has 0 aromatic carbocycles. The maximum absolute atomic E-state index is 11.9. The van der Waals surface area contributed by atoms with E-state index in [4.69, 9.17) is 5.73 Å². The molecule has 3 N–H and O–H groups in total. The Morgan fingerprint density at radius 3 is 2.72 bits per heavy atom. The van der Waals surface area contributed by atoms with Crippen molar-refractivity contribution in [2.45, 2.75) is 52.0 Å². The van der Waals surface area contributed by atoms with Crippen molar-refractivity contribution in [3.05, 3.63) is 18.1 Å². The lowest BCUT2D eigenvalue weighted by atomic mass is 10.1. The Morgan fingerprint density at radius 2 is 2.06 bits per heavy atom. The number of nitrogen functional groups attached to an aromatic ring is 1. The van der Waals surface area contributed by atoms with Gasteiger partial charge in [-0.15, -0.1) is 0 Å². The first-order chi connectivity index (χ1) is 8.65. The van der Waals surface area contributed by atoms with Gasteiger partial charge in [0.2, 0.25) is 0 Å². The molecule has 0 aliphatic carbocycles. The van der Waals surface area contributed by atoms with Crippen LogP contribution in [-0.2, 0) is 0 Å². The van der Waals surface area contributed by atoms with Crippen LogP contribution in [0.5, 0.6) is 0 Å². The minimum Gasteiger partial charge on any atom is -0.382 e. The van der Waals surface area contributed by atoms with Crippen LogP contribution in [0.15, 0.2) is 12.4 Å². The summed E-state index contributed by atoms with van der Waals surface area (Å²) >= 11 is 0. The maximum Gasteiger partial charge on any atom is 0.273 e. The van der Waals surface area contributed by atoms with Crippen LogP contribution >= 0.6 is 0 Å². The third-order valence-corrected chi connectivity index (χ3v) is 2.81. The lowest BCUT2D eigenvalue weighted by molar-refractivity contribution is 0.0933. The molecule has 1 atom stereocenters. The van der Waals surface area contributed by atoms with E-state index < -0.39 is 0 Å². The Balaban J connectivity index is 2.38. The van der Waals surface area contributed by atoms with E-state index in [-0.39, 0.29) is 23.5 Å². The average Bonchev–Trinajstić information content (AvgIpc) is 2.35. The fourth-order valence-corrected chi connectivity index (χ4v) is 1.77. The summed E-state index contributed by atoms with van der Waals surface area (Å²) in [6.07, 6.45) is 8.73. The highest BCUT2D eigenvalue weighted by molar-refractivity contribution is 5.96. The Kier molecular flexibility index (Phi) is 6.11. The summed E-state index contributed by atoms with van der Waals surface area (Å²) in [5, 5.41) is 2.89. The molecule has 5 nitrogen and oxygen atoms in total. The zero-order chi connectivity index (χ0) is 13.4. The summed E-state index contributed by atoms with van der Waals surface area (Å²) in [7, 11) is 0. The topological polar surface area (TPSA) is 80.9 Å². The van der Waals surface area contributed by atoms with Crippen molar-refractivity contribution in [2.75, 3.05) is 5.73 Å². The monoisotopic (exact) mass is 250 g/mol. The van der Waals surface area contributed by atoms with Crippen molar-refractivity contribution in [3.63, 3.8) is 0 Å². The van der Waals surface area contributed by atoms with Gasteiger partial charge in [0.1, 0.15) is 0 Å². The molecule has 100 valence electrons. The first-order valence-electron chi connectivity index (χ1n) is 6.52. The van der Waals surface area contributed by atoms with Crippen molar-refractivity contribution >= 4 is 11.7 Å². The molecular weight excluding hydrogens is 228 g/mol. The zero-order valence-electron chi connectivity index (χ0n) is 11.1. The van der Waals surface area contributed by atoms with Gasteiger partial charge < -0.3 is 11.1 Å². The van der Waals surface area contributed by atoms with Crippen LogP contribution in [0.4, 0.5) is 5.82 Å². The van der Waals surface area contributed by atoms with Crippen LogP contribution in [0.1, 0.15) is 56.4 Å². The quantitative estimate of drug-likeness (QED) is 0.726. The van der Waals surface area contributed by atoms with E-state index in [0.29, 0.717) is 0 Å². The molecule has 0 saturated carbocycles. The fraction of sp³-hybridized carbons (Fsp3) is 0.615. The van der Waals surface area contributed by atoms with Gasteiger partial charge in [0.05, 0.1) is 0 Å². The molecule has 1 aromatic rings. The molecule has 1 heterocycles. The second-order valence-corrected chi connectivity index (χ2v) is 4.51. The smallest absolute Gasteiger partial charge is 0.273 e. The molecule has 1 amide bonds. The second-order valence-electron chi connectivity index (χ2n) is 4.51. The highest BCUT2D eigenvalue weighted by atomic mass is 16.2. The number of aromatic nitrogens is 2. The summed E-state index contributed by atoms with van der Waals surface area (Å²) < 4.78 is 0. The second kappa shape index (κ2) is 7.63. The van der Waals surface area contributed by atoms with Gasteiger partial charge in [-0.3, -0.25) is 4.79 Å². The third-order valence-electron chi connectivity index (χ3n) is 2.81. The van der Waals surface area contributed by atoms with E-state index in [1.807, 2.05) is 6.92 Å². The third kappa shape index (κ3) is 4.69. The first kappa shape index (κ1) is 14.4. The first-order valence-corrected chi connectivity index (χ1v) is 6.52. The molecular formula is C13H22N4O. The number of anilines is 1. The molecule has 18 heavy (non-hydrogen) atoms. The Bertz CT molecular complexity index is 381. The summed E-state index contributed by atoms with van der Waals surface area (Å²) in [4.78, 5) is 19.7. The Labute approximate surface area is 108 Å². The van der Waals surface area contributed by atoms with Crippen molar-refractivity contribution in [3.8, 4) is 0 Å². The number of hydrogen-bond donors (Lipinski definition) is 2. The van der Waals surface area contributed by atoms with E-state index in [0.717, 1.165) is 12.8 Å². The van der Waals surface area contributed by atoms with Crippen molar-refractivity contribution in [1.82, 2.24) is 15.3 Å². The number of carbonyl (C=O) groups is 1. The molecule has 1 unspecified atom stereocenters. The molecule has 1 rings (SSSR count). The molecule has 1 aromatic heterocycles. The molecule has 0 aliphatic heterocycles. The molecule has 0 spiro atoms. The highest BCUT2D eigenvalue weighted by Crippen LogP contribution is 2.07. The van der Waals surface area contributed by atoms with Crippen LogP contribution in [0, 0.1) is 0 Å². The highest BCUT2D eigenvalue weighted by Gasteiger charge is 2.14. The molecule has 0 aliphatic rings. The van der Waals surface area contributed by atoms with Crippen molar-refractivity contribution in [1.29, 1.82) is 0 Å². The summed E-state index contributed by atoms with van der Waals surface area (Å²) in [6, 6.07) is 0.135. The van der Waals surface area contributed by atoms with E-state index in [1.165, 1.54) is 31.7 Å². The van der Waals surface area contributed by atoms with Gasteiger partial charge in [0.25, 0.3) is 5.91 Å². The summed E-state index contributed by atoms with van der Waals surface area (Å²) in [6.45, 7) is 4.18. The van der Waals surface area contributed by atoms with Gasteiger partial charge in [-0.2, -0.15) is 0 Å². The zero-order valence-corrected chi connectivity index (χ0v) is 11.1. The van der Waals surface area contributed by atoms with Crippen LogP contribution < -0.4 is 11.1 Å². The van der Waals surface area contributed by atoms with E-state index >= 15 is 0 Å². The summed E-state index contributed by atoms with van der Waals surface area (Å²) in [5.41, 5.74) is 5.81. The van der Waals surface area contributed by atoms with Gasteiger partial charge in [-0.1, -0.05) is 32.6 Å². The normalized spacial score (nSPS) is 12.1. The van der Waals surface area contributed by atoms with Crippen LogP contribution in [0.3, 0.4) is 0 Å². The lowest BCUT2D eigenvalue weighted by Gasteiger charge is -2.13. The minimum absolute atomic E-state index is 0.135. The number of rotatable bonds is 7. The number of nitrogens with zero attached hydrogens (tertiary/aromatic N) is 2.